The first-order valence-electron chi connectivity index (χ1n) is 7.23. The summed E-state index contributed by atoms with van der Waals surface area (Å²) < 4.78 is 42.2. The van der Waals surface area contributed by atoms with E-state index in [0.717, 1.165) is 22.8 Å². The van der Waals surface area contributed by atoms with E-state index in [0.29, 0.717) is 11.6 Å². The molecule has 1 unspecified atom stereocenters. The van der Waals surface area contributed by atoms with Crippen LogP contribution in [0.5, 0.6) is 0 Å². The van der Waals surface area contributed by atoms with Crippen molar-refractivity contribution >= 4 is 10.9 Å². The molecule has 0 fully saturated rings. The molecule has 0 saturated carbocycles. The summed E-state index contributed by atoms with van der Waals surface area (Å²) in [5.74, 6) is -2.39. The average molecular weight is 333 g/mol. The largest absolute Gasteiger partial charge is 0.322 e. The van der Waals surface area contributed by atoms with Crippen LogP contribution in [0.1, 0.15) is 24.4 Å². The molecule has 0 aliphatic carbocycles. The van der Waals surface area contributed by atoms with Crippen LogP contribution in [0.15, 0.2) is 35.1 Å². The minimum atomic E-state index is -0.864. The molecule has 4 nitrogen and oxygen atoms in total. The number of aryl methyl sites for hydroxylation is 1. The van der Waals surface area contributed by atoms with E-state index in [2.05, 4.69) is 4.98 Å². The predicted molar refractivity (Wildman–Crippen MR) is 84.6 cm³/mol. The topological polar surface area (TPSA) is 60.9 Å². The van der Waals surface area contributed by atoms with E-state index in [1.807, 2.05) is 0 Å². The second-order valence-electron chi connectivity index (χ2n) is 5.61. The molecule has 0 spiro atoms. The third kappa shape index (κ3) is 2.56. The smallest absolute Gasteiger partial charge is 0.269 e. The first kappa shape index (κ1) is 16.2. The van der Waals surface area contributed by atoms with Gasteiger partial charge in [-0.15, -0.1) is 0 Å². The lowest BCUT2D eigenvalue weighted by atomic mass is 10.1. The highest BCUT2D eigenvalue weighted by atomic mass is 19.1. The lowest BCUT2D eigenvalue weighted by Gasteiger charge is -2.17. The Hall–Kier alpha value is -2.67. The predicted octanol–water partition coefficient (Wildman–Crippen LogP) is 3.13. The minimum absolute atomic E-state index is 0.0891. The van der Waals surface area contributed by atoms with Crippen LogP contribution >= 0.6 is 0 Å². The molecule has 0 aliphatic rings. The Bertz CT molecular complexity index is 992. The number of hydrogen-bond donors (Lipinski definition) is 1. The second kappa shape index (κ2) is 5.76. The standard InChI is InChI=1S/C17H14F3N3O/c1-8-3-4-13(20)14-15(8)22-16(9(2)21)23(17(14)24)12-6-10(18)5-11(19)7-12/h3-7,9H,21H2,1-2H3. The van der Waals surface area contributed by atoms with Crippen LogP contribution in [0, 0.1) is 24.4 Å². The van der Waals surface area contributed by atoms with E-state index < -0.39 is 29.1 Å². The number of aromatic nitrogens is 2. The van der Waals surface area contributed by atoms with Crippen molar-refractivity contribution in [3.63, 3.8) is 0 Å². The molecule has 1 atom stereocenters. The molecular weight excluding hydrogens is 319 g/mol. The Balaban J connectivity index is 2.51. The Labute approximate surface area is 135 Å². The second-order valence-corrected chi connectivity index (χ2v) is 5.61. The highest BCUT2D eigenvalue weighted by Gasteiger charge is 2.19. The number of nitrogens with two attached hydrogens (primary N) is 1. The Morgan fingerprint density at radius 3 is 2.33 bits per heavy atom. The van der Waals surface area contributed by atoms with Crippen molar-refractivity contribution in [2.24, 2.45) is 5.73 Å². The molecule has 24 heavy (non-hydrogen) atoms. The Kier molecular flexibility index (Phi) is 3.88. The van der Waals surface area contributed by atoms with Crippen LogP contribution in [0.4, 0.5) is 13.2 Å². The summed E-state index contributed by atoms with van der Waals surface area (Å²) in [6, 6.07) is 4.56. The van der Waals surface area contributed by atoms with Gasteiger partial charge in [0.2, 0.25) is 0 Å². The van der Waals surface area contributed by atoms with Gasteiger partial charge >= 0.3 is 0 Å². The summed E-state index contributed by atoms with van der Waals surface area (Å²) in [6.07, 6.45) is 0. The van der Waals surface area contributed by atoms with Crippen LogP contribution in [0.25, 0.3) is 16.6 Å². The van der Waals surface area contributed by atoms with Gasteiger partial charge < -0.3 is 5.73 Å². The monoisotopic (exact) mass is 333 g/mol. The number of halogens is 3. The molecule has 2 N–H and O–H groups in total. The van der Waals surface area contributed by atoms with E-state index in [9.17, 15) is 18.0 Å². The first-order chi connectivity index (χ1) is 11.3. The van der Waals surface area contributed by atoms with Crippen molar-refractivity contribution in [2.45, 2.75) is 19.9 Å². The summed E-state index contributed by atoms with van der Waals surface area (Å²) >= 11 is 0. The molecule has 0 bridgehead atoms. The zero-order valence-corrected chi connectivity index (χ0v) is 13.0. The van der Waals surface area contributed by atoms with Crippen LogP contribution in [0.2, 0.25) is 0 Å². The van der Waals surface area contributed by atoms with Gasteiger partial charge in [0.1, 0.15) is 28.7 Å². The van der Waals surface area contributed by atoms with Gasteiger partial charge in [0, 0.05) is 6.07 Å². The Morgan fingerprint density at radius 2 is 1.75 bits per heavy atom. The zero-order valence-electron chi connectivity index (χ0n) is 13.0. The molecule has 3 aromatic rings. The average Bonchev–Trinajstić information content (AvgIpc) is 2.49. The van der Waals surface area contributed by atoms with Gasteiger partial charge in [0.05, 0.1) is 17.2 Å². The van der Waals surface area contributed by atoms with Crippen LogP contribution in [-0.2, 0) is 0 Å². The molecule has 0 radical (unpaired) electrons. The van der Waals surface area contributed by atoms with Crippen LogP contribution in [-0.4, -0.2) is 9.55 Å². The molecule has 2 aromatic carbocycles. The van der Waals surface area contributed by atoms with Gasteiger partial charge in [-0.2, -0.15) is 0 Å². The summed E-state index contributed by atoms with van der Waals surface area (Å²) in [7, 11) is 0. The highest BCUT2D eigenvalue weighted by Crippen LogP contribution is 2.22. The lowest BCUT2D eigenvalue weighted by molar-refractivity contribution is 0.579. The molecule has 124 valence electrons. The zero-order chi connectivity index (χ0) is 17.6. The maximum Gasteiger partial charge on any atom is 0.269 e. The molecule has 1 aromatic heterocycles. The van der Waals surface area contributed by atoms with Crippen molar-refractivity contribution < 1.29 is 13.2 Å². The summed E-state index contributed by atoms with van der Waals surface area (Å²) in [5.41, 5.74) is 5.79. The SMILES string of the molecule is Cc1ccc(F)c2c(=O)n(-c3cc(F)cc(F)c3)c(C(C)N)nc12. The first-order valence-corrected chi connectivity index (χ1v) is 7.23. The van der Waals surface area contributed by atoms with Gasteiger partial charge in [-0.3, -0.25) is 9.36 Å². The molecule has 0 aliphatic heterocycles. The molecule has 0 amide bonds. The van der Waals surface area contributed by atoms with Crippen molar-refractivity contribution in [3.8, 4) is 5.69 Å². The van der Waals surface area contributed by atoms with Gasteiger partial charge in [0.25, 0.3) is 5.56 Å². The van der Waals surface area contributed by atoms with Gasteiger partial charge in [-0.05, 0) is 37.6 Å². The van der Waals surface area contributed by atoms with Gasteiger partial charge in [-0.1, -0.05) is 6.07 Å². The number of nitrogens with zero attached hydrogens (tertiary/aromatic N) is 2. The van der Waals surface area contributed by atoms with E-state index in [-0.39, 0.29) is 22.4 Å². The van der Waals surface area contributed by atoms with E-state index >= 15 is 0 Å². The lowest BCUT2D eigenvalue weighted by Crippen LogP contribution is -2.28. The maximum atomic E-state index is 14.2. The number of fused-ring (bicyclic) bond motifs is 1. The van der Waals surface area contributed by atoms with Gasteiger partial charge in [-0.25, -0.2) is 18.2 Å². The van der Waals surface area contributed by atoms with E-state index in [1.165, 1.54) is 6.07 Å². The summed E-state index contributed by atoms with van der Waals surface area (Å²) in [5, 5.41) is -0.246. The van der Waals surface area contributed by atoms with Crippen LogP contribution in [0.3, 0.4) is 0 Å². The minimum Gasteiger partial charge on any atom is -0.322 e. The van der Waals surface area contributed by atoms with Crippen molar-refractivity contribution in [1.29, 1.82) is 0 Å². The molecular formula is C17H14F3N3O. The van der Waals surface area contributed by atoms with Crippen molar-refractivity contribution in [1.82, 2.24) is 9.55 Å². The molecule has 3 rings (SSSR count). The van der Waals surface area contributed by atoms with Gasteiger partial charge in [0.15, 0.2) is 0 Å². The fraction of sp³-hybridized carbons (Fsp3) is 0.176. The summed E-state index contributed by atoms with van der Waals surface area (Å²) in [6.45, 7) is 3.26. The highest BCUT2D eigenvalue weighted by molar-refractivity contribution is 5.82. The molecule has 0 saturated heterocycles. The summed E-state index contributed by atoms with van der Waals surface area (Å²) in [4.78, 5) is 17.1. The fourth-order valence-electron chi connectivity index (χ4n) is 2.62. The quantitative estimate of drug-likeness (QED) is 0.784. The fourth-order valence-corrected chi connectivity index (χ4v) is 2.62. The van der Waals surface area contributed by atoms with Crippen LogP contribution < -0.4 is 11.3 Å². The van der Waals surface area contributed by atoms with E-state index in [1.54, 1.807) is 13.8 Å². The number of rotatable bonds is 2. The van der Waals surface area contributed by atoms with E-state index in [4.69, 9.17) is 5.73 Å². The maximum absolute atomic E-state index is 14.2. The van der Waals surface area contributed by atoms with Crippen molar-refractivity contribution in [2.75, 3.05) is 0 Å². The van der Waals surface area contributed by atoms with Crippen molar-refractivity contribution in [3.05, 3.63) is 69.5 Å². The number of hydrogen-bond acceptors (Lipinski definition) is 3. The number of benzene rings is 2. The molecule has 7 heteroatoms. The third-order valence-electron chi connectivity index (χ3n) is 3.71. The normalized spacial score (nSPS) is 12.6. The Morgan fingerprint density at radius 1 is 1.12 bits per heavy atom. The molecule has 1 heterocycles. The third-order valence-corrected chi connectivity index (χ3v) is 3.71.